The van der Waals surface area contributed by atoms with Gasteiger partial charge in [-0.3, -0.25) is 4.79 Å². The average Bonchev–Trinajstić information content (AvgIpc) is 2.57. The number of hydrogen-bond acceptors (Lipinski definition) is 3. The van der Waals surface area contributed by atoms with Crippen LogP contribution in [0.15, 0.2) is 15.6 Å². The standard InChI is InChI=1S/C9H12BrN3O/c1-6-3-2-4-13(6)8-7(10)9(14)12-5-11-8/h5-6H,2-4H2,1H3,(H,11,12,14). The molecule has 0 saturated carbocycles. The monoisotopic (exact) mass is 257 g/mol. The van der Waals surface area contributed by atoms with Gasteiger partial charge in [-0.25, -0.2) is 4.98 Å². The summed E-state index contributed by atoms with van der Waals surface area (Å²) in [5.74, 6) is 0.763. The number of hydrogen-bond donors (Lipinski definition) is 1. The first-order valence-electron chi connectivity index (χ1n) is 4.70. The first-order chi connectivity index (χ1) is 6.70. The second kappa shape index (κ2) is 3.73. The Labute approximate surface area is 90.5 Å². The smallest absolute Gasteiger partial charge is 0.267 e. The maximum Gasteiger partial charge on any atom is 0.267 e. The van der Waals surface area contributed by atoms with Crippen molar-refractivity contribution in [1.29, 1.82) is 0 Å². The number of H-pyrrole nitrogens is 1. The van der Waals surface area contributed by atoms with Crippen molar-refractivity contribution >= 4 is 21.7 Å². The molecule has 0 aromatic carbocycles. The third kappa shape index (κ3) is 1.56. The number of anilines is 1. The molecule has 1 saturated heterocycles. The molecule has 0 amide bonds. The van der Waals surface area contributed by atoms with Gasteiger partial charge in [0.15, 0.2) is 5.82 Å². The fraction of sp³-hybridized carbons (Fsp3) is 0.556. The van der Waals surface area contributed by atoms with Crippen molar-refractivity contribution in [2.75, 3.05) is 11.4 Å². The van der Waals surface area contributed by atoms with Gasteiger partial charge in [-0.1, -0.05) is 0 Å². The van der Waals surface area contributed by atoms with E-state index in [1.165, 1.54) is 19.2 Å². The molecule has 76 valence electrons. The van der Waals surface area contributed by atoms with Crippen LogP contribution >= 0.6 is 15.9 Å². The van der Waals surface area contributed by atoms with Gasteiger partial charge in [0.05, 0.1) is 6.33 Å². The van der Waals surface area contributed by atoms with Crippen LogP contribution in [-0.4, -0.2) is 22.6 Å². The topological polar surface area (TPSA) is 49.0 Å². The van der Waals surface area contributed by atoms with Gasteiger partial charge in [0.1, 0.15) is 4.47 Å². The summed E-state index contributed by atoms with van der Waals surface area (Å²) >= 11 is 3.27. The van der Waals surface area contributed by atoms with E-state index in [2.05, 4.69) is 37.7 Å². The molecule has 14 heavy (non-hydrogen) atoms. The van der Waals surface area contributed by atoms with Gasteiger partial charge in [-0.2, -0.15) is 0 Å². The number of nitrogens with one attached hydrogen (secondary N) is 1. The molecule has 1 unspecified atom stereocenters. The van der Waals surface area contributed by atoms with Crippen LogP contribution in [-0.2, 0) is 0 Å². The number of aromatic amines is 1. The molecule has 1 fully saturated rings. The zero-order valence-corrected chi connectivity index (χ0v) is 9.54. The van der Waals surface area contributed by atoms with Crippen LogP contribution in [0.5, 0.6) is 0 Å². The van der Waals surface area contributed by atoms with E-state index < -0.39 is 0 Å². The van der Waals surface area contributed by atoms with E-state index in [1.54, 1.807) is 0 Å². The quantitative estimate of drug-likeness (QED) is 0.830. The Bertz CT molecular complexity index is 390. The van der Waals surface area contributed by atoms with Gasteiger partial charge in [-0.15, -0.1) is 0 Å². The van der Waals surface area contributed by atoms with Crippen molar-refractivity contribution in [3.8, 4) is 0 Å². The molecule has 1 atom stereocenters. The highest BCUT2D eigenvalue weighted by atomic mass is 79.9. The highest BCUT2D eigenvalue weighted by Gasteiger charge is 2.23. The van der Waals surface area contributed by atoms with E-state index in [1.807, 2.05) is 0 Å². The minimum absolute atomic E-state index is 0.117. The molecule has 0 aliphatic carbocycles. The van der Waals surface area contributed by atoms with Gasteiger partial charge in [-0.05, 0) is 35.7 Å². The summed E-state index contributed by atoms with van der Waals surface area (Å²) in [4.78, 5) is 20.2. The molecule has 1 aliphatic heterocycles. The highest BCUT2D eigenvalue weighted by molar-refractivity contribution is 9.10. The van der Waals surface area contributed by atoms with Crippen LogP contribution in [0.1, 0.15) is 19.8 Å². The van der Waals surface area contributed by atoms with Crippen molar-refractivity contribution in [3.05, 3.63) is 21.2 Å². The Kier molecular flexibility index (Phi) is 2.58. The summed E-state index contributed by atoms with van der Waals surface area (Å²) < 4.78 is 0.536. The normalized spacial score (nSPS) is 21.6. The molecule has 2 rings (SSSR count). The Morgan fingerprint density at radius 1 is 1.71 bits per heavy atom. The predicted octanol–water partition coefficient (Wildman–Crippen LogP) is 1.52. The molecule has 2 heterocycles. The lowest BCUT2D eigenvalue weighted by molar-refractivity contribution is 0.723. The largest absolute Gasteiger partial charge is 0.353 e. The second-order valence-electron chi connectivity index (χ2n) is 3.55. The number of rotatable bonds is 1. The maximum atomic E-state index is 11.3. The van der Waals surface area contributed by atoms with Crippen LogP contribution in [0.2, 0.25) is 0 Å². The zero-order chi connectivity index (χ0) is 10.1. The zero-order valence-electron chi connectivity index (χ0n) is 7.96. The summed E-state index contributed by atoms with van der Waals surface area (Å²) in [6, 6.07) is 0.473. The van der Waals surface area contributed by atoms with Crippen LogP contribution in [0.4, 0.5) is 5.82 Å². The van der Waals surface area contributed by atoms with E-state index in [0.717, 1.165) is 12.4 Å². The Morgan fingerprint density at radius 3 is 3.14 bits per heavy atom. The number of nitrogens with zero attached hydrogens (tertiary/aromatic N) is 2. The molecule has 1 N–H and O–H groups in total. The van der Waals surface area contributed by atoms with Gasteiger partial charge in [0.25, 0.3) is 5.56 Å². The maximum absolute atomic E-state index is 11.3. The van der Waals surface area contributed by atoms with Crippen molar-refractivity contribution in [2.45, 2.75) is 25.8 Å². The Balaban J connectivity index is 2.41. The fourth-order valence-electron chi connectivity index (χ4n) is 1.82. The summed E-state index contributed by atoms with van der Waals surface area (Å²) in [7, 11) is 0. The molecule has 5 heteroatoms. The Morgan fingerprint density at radius 2 is 2.50 bits per heavy atom. The van der Waals surface area contributed by atoms with Crippen LogP contribution in [0.3, 0.4) is 0 Å². The summed E-state index contributed by atoms with van der Waals surface area (Å²) in [6.07, 6.45) is 3.79. The molecule has 0 bridgehead atoms. The van der Waals surface area contributed by atoms with E-state index >= 15 is 0 Å². The second-order valence-corrected chi connectivity index (χ2v) is 4.35. The van der Waals surface area contributed by atoms with Crippen LogP contribution in [0, 0.1) is 0 Å². The lowest BCUT2D eigenvalue weighted by Crippen LogP contribution is -2.29. The molecular formula is C9H12BrN3O. The van der Waals surface area contributed by atoms with Gasteiger partial charge in [0.2, 0.25) is 0 Å². The van der Waals surface area contributed by atoms with Gasteiger partial charge >= 0.3 is 0 Å². The number of halogens is 1. The predicted molar refractivity (Wildman–Crippen MR) is 58.6 cm³/mol. The van der Waals surface area contributed by atoms with E-state index in [-0.39, 0.29) is 5.56 Å². The van der Waals surface area contributed by atoms with E-state index in [0.29, 0.717) is 10.5 Å². The highest BCUT2D eigenvalue weighted by Crippen LogP contribution is 2.26. The summed E-state index contributed by atoms with van der Waals surface area (Å²) in [5, 5.41) is 0. The van der Waals surface area contributed by atoms with Gasteiger partial charge in [0, 0.05) is 12.6 Å². The lowest BCUT2D eigenvalue weighted by Gasteiger charge is -2.22. The molecule has 0 radical (unpaired) electrons. The Hall–Kier alpha value is -0.840. The van der Waals surface area contributed by atoms with Crippen molar-refractivity contribution in [2.24, 2.45) is 0 Å². The average molecular weight is 258 g/mol. The van der Waals surface area contributed by atoms with Crippen LogP contribution < -0.4 is 10.5 Å². The molecule has 1 aromatic rings. The lowest BCUT2D eigenvalue weighted by atomic mass is 10.2. The molecule has 1 aliphatic rings. The molecule has 0 spiro atoms. The van der Waals surface area contributed by atoms with Gasteiger partial charge < -0.3 is 9.88 Å². The molecule has 1 aromatic heterocycles. The molecular weight excluding hydrogens is 246 g/mol. The van der Waals surface area contributed by atoms with E-state index in [9.17, 15) is 4.79 Å². The van der Waals surface area contributed by atoms with Crippen molar-refractivity contribution in [3.63, 3.8) is 0 Å². The summed E-state index contributed by atoms with van der Waals surface area (Å²) in [6.45, 7) is 3.14. The minimum atomic E-state index is -0.117. The third-order valence-corrected chi connectivity index (χ3v) is 3.32. The first kappa shape index (κ1) is 9.71. The minimum Gasteiger partial charge on any atom is -0.353 e. The van der Waals surface area contributed by atoms with Crippen LogP contribution in [0.25, 0.3) is 0 Å². The SMILES string of the molecule is CC1CCCN1c1nc[nH]c(=O)c1Br. The van der Waals surface area contributed by atoms with E-state index in [4.69, 9.17) is 0 Å². The molecule has 4 nitrogen and oxygen atoms in total. The number of aromatic nitrogens is 2. The fourth-order valence-corrected chi connectivity index (χ4v) is 2.27. The van der Waals surface area contributed by atoms with Crippen molar-refractivity contribution in [1.82, 2.24) is 9.97 Å². The third-order valence-electron chi connectivity index (χ3n) is 2.60. The first-order valence-corrected chi connectivity index (χ1v) is 5.49. The van der Waals surface area contributed by atoms with Crippen molar-refractivity contribution < 1.29 is 0 Å². The summed E-state index contributed by atoms with van der Waals surface area (Å²) in [5.41, 5.74) is -0.117.